The second-order valence-electron chi connectivity index (χ2n) is 8.03. The van der Waals surface area contributed by atoms with Gasteiger partial charge in [0.1, 0.15) is 5.82 Å². The summed E-state index contributed by atoms with van der Waals surface area (Å²) in [6.07, 6.45) is 3.76. The predicted molar refractivity (Wildman–Crippen MR) is 123 cm³/mol. The fourth-order valence-corrected chi connectivity index (χ4v) is 5.59. The molecule has 2 heterocycles. The van der Waals surface area contributed by atoms with E-state index in [2.05, 4.69) is 15.3 Å². The number of carbonyl (C=O) groups excluding carboxylic acids is 1. The number of hydrogen-bond donors (Lipinski definition) is 2. The predicted octanol–water partition coefficient (Wildman–Crippen LogP) is 3.74. The number of piperidine rings is 1. The summed E-state index contributed by atoms with van der Waals surface area (Å²) in [5.41, 5.74) is 1.92. The molecule has 1 aliphatic heterocycles. The molecule has 2 aromatic carbocycles. The molecule has 0 spiro atoms. The van der Waals surface area contributed by atoms with Gasteiger partial charge in [-0.3, -0.25) is 4.79 Å². The van der Waals surface area contributed by atoms with E-state index in [4.69, 9.17) is 0 Å². The number of aromatic amines is 1. The molecule has 3 aromatic rings. The lowest BCUT2D eigenvalue weighted by molar-refractivity contribution is -0.126. The molecule has 0 saturated carbocycles. The molecular formula is C24H28N4O3S. The molecule has 168 valence electrons. The number of H-pyrrole nitrogens is 1. The monoisotopic (exact) mass is 452 g/mol. The normalized spacial score (nSPS) is 18.2. The van der Waals surface area contributed by atoms with Crippen LogP contribution in [0.1, 0.15) is 38.1 Å². The summed E-state index contributed by atoms with van der Waals surface area (Å²) >= 11 is 0. The minimum atomic E-state index is -3.61. The standard InChI is InChI=1S/C24H28N4O3S/c1-2-21(23-25-16-22(26-23)18-10-5-3-6-11-18)27-24(29)19-12-9-15-28(17-19)32(30,31)20-13-7-4-8-14-20/h3-8,10-11,13-14,16,19,21H,2,9,12,15,17H2,1H3,(H,25,26)(H,27,29). The zero-order valence-electron chi connectivity index (χ0n) is 18.1. The summed E-state index contributed by atoms with van der Waals surface area (Å²) < 4.78 is 27.4. The maximum Gasteiger partial charge on any atom is 0.243 e. The highest BCUT2D eigenvalue weighted by molar-refractivity contribution is 7.89. The number of nitrogens with zero attached hydrogens (tertiary/aromatic N) is 2. The topological polar surface area (TPSA) is 95.2 Å². The molecule has 1 aromatic heterocycles. The van der Waals surface area contributed by atoms with E-state index in [-0.39, 0.29) is 29.3 Å². The maximum atomic E-state index is 13.1. The van der Waals surface area contributed by atoms with Crippen molar-refractivity contribution in [2.75, 3.05) is 13.1 Å². The average molecular weight is 453 g/mol. The van der Waals surface area contributed by atoms with Crippen LogP contribution in [-0.2, 0) is 14.8 Å². The lowest BCUT2D eigenvalue weighted by Crippen LogP contribution is -2.46. The van der Waals surface area contributed by atoms with Crippen molar-refractivity contribution >= 4 is 15.9 Å². The van der Waals surface area contributed by atoms with Crippen molar-refractivity contribution in [3.8, 4) is 11.3 Å². The van der Waals surface area contributed by atoms with Gasteiger partial charge in [-0.25, -0.2) is 13.4 Å². The number of aromatic nitrogens is 2. The number of benzene rings is 2. The summed E-state index contributed by atoms with van der Waals surface area (Å²) in [5.74, 6) is 0.173. The van der Waals surface area contributed by atoms with Crippen LogP contribution in [0, 0.1) is 5.92 Å². The van der Waals surface area contributed by atoms with E-state index in [1.807, 2.05) is 37.3 Å². The Morgan fingerprint density at radius 1 is 1.16 bits per heavy atom. The quantitative estimate of drug-likeness (QED) is 0.571. The van der Waals surface area contributed by atoms with Crippen LogP contribution >= 0.6 is 0 Å². The minimum absolute atomic E-state index is 0.137. The van der Waals surface area contributed by atoms with E-state index in [0.717, 1.165) is 11.3 Å². The number of hydrogen-bond acceptors (Lipinski definition) is 4. The number of rotatable bonds is 7. The Kier molecular flexibility index (Phi) is 6.72. The Labute approximate surface area is 188 Å². The molecule has 2 N–H and O–H groups in total. The van der Waals surface area contributed by atoms with Crippen LogP contribution in [0.2, 0.25) is 0 Å². The number of imidazole rings is 1. The van der Waals surface area contributed by atoms with E-state index in [9.17, 15) is 13.2 Å². The van der Waals surface area contributed by atoms with Crippen LogP contribution in [-0.4, -0.2) is 41.7 Å². The van der Waals surface area contributed by atoms with Gasteiger partial charge in [0.2, 0.25) is 15.9 Å². The highest BCUT2D eigenvalue weighted by atomic mass is 32.2. The molecule has 0 bridgehead atoms. The molecule has 1 fully saturated rings. The second kappa shape index (κ2) is 9.67. The third-order valence-electron chi connectivity index (χ3n) is 5.87. The van der Waals surface area contributed by atoms with E-state index >= 15 is 0 Å². The number of nitrogens with one attached hydrogen (secondary N) is 2. The summed E-state index contributed by atoms with van der Waals surface area (Å²) in [5, 5.41) is 3.08. The van der Waals surface area contributed by atoms with Crippen molar-refractivity contribution < 1.29 is 13.2 Å². The van der Waals surface area contributed by atoms with Crippen LogP contribution in [0.5, 0.6) is 0 Å². The molecular weight excluding hydrogens is 424 g/mol. The average Bonchev–Trinajstić information content (AvgIpc) is 3.34. The smallest absolute Gasteiger partial charge is 0.243 e. The summed E-state index contributed by atoms with van der Waals surface area (Å²) in [6.45, 7) is 2.60. The first-order valence-electron chi connectivity index (χ1n) is 10.9. The molecule has 1 amide bonds. The van der Waals surface area contributed by atoms with Gasteiger partial charge in [-0.15, -0.1) is 0 Å². The molecule has 0 aliphatic carbocycles. The van der Waals surface area contributed by atoms with Crippen molar-refractivity contribution in [2.45, 2.75) is 37.1 Å². The van der Waals surface area contributed by atoms with Gasteiger partial charge in [-0.1, -0.05) is 55.5 Å². The highest BCUT2D eigenvalue weighted by Gasteiger charge is 2.34. The molecule has 0 radical (unpaired) electrons. The van der Waals surface area contributed by atoms with E-state index in [1.165, 1.54) is 4.31 Å². The summed E-state index contributed by atoms with van der Waals surface area (Å²) in [6, 6.07) is 18.0. The van der Waals surface area contributed by atoms with Crippen molar-refractivity contribution in [3.63, 3.8) is 0 Å². The van der Waals surface area contributed by atoms with Crippen molar-refractivity contribution in [3.05, 3.63) is 72.7 Å². The van der Waals surface area contributed by atoms with E-state index in [1.54, 1.807) is 36.5 Å². The van der Waals surface area contributed by atoms with E-state index < -0.39 is 10.0 Å². The van der Waals surface area contributed by atoms with Gasteiger partial charge in [-0.2, -0.15) is 4.31 Å². The Morgan fingerprint density at radius 2 is 1.84 bits per heavy atom. The van der Waals surface area contributed by atoms with Crippen LogP contribution in [0.25, 0.3) is 11.3 Å². The fourth-order valence-electron chi connectivity index (χ4n) is 4.05. The molecule has 2 atom stereocenters. The van der Waals surface area contributed by atoms with Crippen molar-refractivity contribution in [2.24, 2.45) is 5.92 Å². The maximum absolute atomic E-state index is 13.1. The first-order valence-corrected chi connectivity index (χ1v) is 12.4. The Balaban J connectivity index is 1.44. The summed E-state index contributed by atoms with van der Waals surface area (Å²) in [7, 11) is -3.61. The molecule has 7 nitrogen and oxygen atoms in total. The lowest BCUT2D eigenvalue weighted by Gasteiger charge is -2.32. The van der Waals surface area contributed by atoms with Gasteiger partial charge >= 0.3 is 0 Å². The van der Waals surface area contributed by atoms with Gasteiger partial charge in [0.25, 0.3) is 0 Å². The highest BCUT2D eigenvalue weighted by Crippen LogP contribution is 2.25. The zero-order chi connectivity index (χ0) is 22.6. The van der Waals surface area contributed by atoms with Gasteiger partial charge < -0.3 is 10.3 Å². The molecule has 32 heavy (non-hydrogen) atoms. The minimum Gasteiger partial charge on any atom is -0.346 e. The number of amides is 1. The number of carbonyl (C=O) groups is 1. The van der Waals surface area contributed by atoms with Gasteiger partial charge in [0.15, 0.2) is 0 Å². The Hall–Kier alpha value is -2.97. The van der Waals surface area contributed by atoms with Gasteiger partial charge in [0, 0.05) is 13.1 Å². The molecule has 4 rings (SSSR count). The van der Waals surface area contributed by atoms with Gasteiger partial charge in [0.05, 0.1) is 28.7 Å². The molecule has 1 aliphatic rings. The van der Waals surface area contributed by atoms with Crippen molar-refractivity contribution in [1.29, 1.82) is 0 Å². The third kappa shape index (κ3) is 4.76. The SMILES string of the molecule is CCC(NC(=O)C1CCCN(S(=O)(=O)c2ccccc2)C1)c1ncc(-c2ccccc2)[nH]1. The first-order chi connectivity index (χ1) is 15.5. The molecule has 1 saturated heterocycles. The molecule has 2 unspecified atom stereocenters. The van der Waals surface area contributed by atoms with Crippen LogP contribution in [0.4, 0.5) is 0 Å². The lowest BCUT2D eigenvalue weighted by atomic mass is 9.98. The largest absolute Gasteiger partial charge is 0.346 e. The third-order valence-corrected chi connectivity index (χ3v) is 7.75. The van der Waals surface area contributed by atoms with Crippen LogP contribution in [0.3, 0.4) is 0 Å². The van der Waals surface area contributed by atoms with Crippen molar-refractivity contribution in [1.82, 2.24) is 19.6 Å². The second-order valence-corrected chi connectivity index (χ2v) is 9.97. The fraction of sp³-hybridized carbons (Fsp3) is 0.333. The number of sulfonamides is 1. The molecule has 8 heteroatoms. The first kappa shape index (κ1) is 22.2. The van der Waals surface area contributed by atoms with Crippen LogP contribution in [0.15, 0.2) is 71.8 Å². The van der Waals surface area contributed by atoms with Crippen LogP contribution < -0.4 is 5.32 Å². The Morgan fingerprint density at radius 3 is 2.53 bits per heavy atom. The Bertz CT molecular complexity index is 1150. The van der Waals surface area contributed by atoms with Gasteiger partial charge in [-0.05, 0) is 37.0 Å². The zero-order valence-corrected chi connectivity index (χ0v) is 18.9. The van der Waals surface area contributed by atoms with E-state index in [0.29, 0.717) is 31.6 Å². The summed E-state index contributed by atoms with van der Waals surface area (Å²) in [4.78, 5) is 21.1.